The molecule has 2 heteroatoms. The number of nitrogens with two attached hydrogens (primary N) is 1. The van der Waals surface area contributed by atoms with E-state index in [9.17, 15) is 4.39 Å². The van der Waals surface area contributed by atoms with Crippen LogP contribution in [0.5, 0.6) is 0 Å². The second kappa shape index (κ2) is 5.24. The Hall–Kier alpha value is -0.890. The fourth-order valence-corrected chi connectivity index (χ4v) is 3.34. The first-order chi connectivity index (χ1) is 8.89. The van der Waals surface area contributed by atoms with Gasteiger partial charge < -0.3 is 5.73 Å². The van der Waals surface area contributed by atoms with E-state index in [1.54, 1.807) is 6.07 Å². The van der Waals surface area contributed by atoms with Gasteiger partial charge in [-0.05, 0) is 43.1 Å². The van der Waals surface area contributed by atoms with Gasteiger partial charge in [-0.25, -0.2) is 4.39 Å². The van der Waals surface area contributed by atoms with Crippen LogP contribution in [0, 0.1) is 17.2 Å². The van der Waals surface area contributed by atoms with Crippen LogP contribution >= 0.6 is 0 Å². The maximum atomic E-state index is 13.9. The zero-order chi connectivity index (χ0) is 14.1. The van der Waals surface area contributed by atoms with E-state index >= 15 is 0 Å². The summed E-state index contributed by atoms with van der Waals surface area (Å²) in [7, 11) is 0. The van der Waals surface area contributed by atoms with Gasteiger partial charge in [0.2, 0.25) is 0 Å². The van der Waals surface area contributed by atoms with Gasteiger partial charge in [-0.2, -0.15) is 0 Å². The van der Waals surface area contributed by atoms with Gasteiger partial charge in [-0.15, -0.1) is 0 Å². The molecule has 0 atom stereocenters. The summed E-state index contributed by atoms with van der Waals surface area (Å²) >= 11 is 0. The van der Waals surface area contributed by atoms with Gasteiger partial charge in [-0.3, -0.25) is 0 Å². The average molecular weight is 263 g/mol. The lowest BCUT2D eigenvalue weighted by Crippen LogP contribution is -2.43. The predicted octanol–water partition coefficient (Wildman–Crippen LogP) is 4.61. The van der Waals surface area contributed by atoms with Crippen LogP contribution in [0.3, 0.4) is 0 Å². The molecular formula is C17H26FN. The molecule has 1 fully saturated rings. The Labute approximate surface area is 116 Å². The zero-order valence-electron chi connectivity index (χ0n) is 12.4. The molecule has 1 aliphatic carbocycles. The molecule has 1 aromatic rings. The molecule has 1 saturated carbocycles. The summed E-state index contributed by atoms with van der Waals surface area (Å²) in [6, 6.07) is 6.98. The summed E-state index contributed by atoms with van der Waals surface area (Å²) in [5.74, 6) is 0.555. The van der Waals surface area contributed by atoms with Crippen molar-refractivity contribution in [2.75, 3.05) is 0 Å². The summed E-state index contributed by atoms with van der Waals surface area (Å²) in [6.07, 6.45) is 5.18. The summed E-state index contributed by atoms with van der Waals surface area (Å²) < 4.78 is 13.9. The Balaban J connectivity index is 2.13. The Morgan fingerprint density at radius 3 is 2.37 bits per heavy atom. The molecule has 1 aliphatic rings. The fourth-order valence-electron chi connectivity index (χ4n) is 3.34. The topological polar surface area (TPSA) is 26.0 Å². The molecule has 1 aromatic carbocycles. The van der Waals surface area contributed by atoms with Gasteiger partial charge in [0.1, 0.15) is 5.82 Å². The second-order valence-corrected chi connectivity index (χ2v) is 6.75. The van der Waals surface area contributed by atoms with Crippen molar-refractivity contribution in [3.05, 3.63) is 35.6 Å². The first-order valence-corrected chi connectivity index (χ1v) is 7.43. The third-order valence-corrected chi connectivity index (χ3v) is 5.30. The summed E-state index contributed by atoms with van der Waals surface area (Å²) in [4.78, 5) is 0. The van der Waals surface area contributed by atoms with E-state index in [1.807, 2.05) is 12.1 Å². The summed E-state index contributed by atoms with van der Waals surface area (Å²) in [5.41, 5.74) is 7.09. The predicted molar refractivity (Wildman–Crippen MR) is 78.3 cm³/mol. The van der Waals surface area contributed by atoms with E-state index in [4.69, 9.17) is 5.73 Å². The van der Waals surface area contributed by atoms with Crippen molar-refractivity contribution in [1.82, 2.24) is 0 Å². The molecule has 0 aliphatic heterocycles. The van der Waals surface area contributed by atoms with Crippen molar-refractivity contribution in [1.29, 1.82) is 0 Å². The maximum absolute atomic E-state index is 13.9. The van der Waals surface area contributed by atoms with Crippen LogP contribution in [0.25, 0.3) is 0 Å². The Morgan fingerprint density at radius 1 is 1.26 bits per heavy atom. The van der Waals surface area contributed by atoms with Gasteiger partial charge in [0.15, 0.2) is 0 Å². The normalized spacial score (nSPS) is 28.4. The van der Waals surface area contributed by atoms with Crippen LogP contribution in [0.2, 0.25) is 0 Å². The highest BCUT2D eigenvalue weighted by Crippen LogP contribution is 2.46. The molecule has 0 aromatic heterocycles. The maximum Gasteiger partial charge on any atom is 0.128 e. The largest absolute Gasteiger partial charge is 0.321 e. The van der Waals surface area contributed by atoms with Crippen molar-refractivity contribution in [3.8, 4) is 0 Å². The van der Waals surface area contributed by atoms with Crippen LogP contribution in [0.4, 0.5) is 4.39 Å². The van der Waals surface area contributed by atoms with Crippen molar-refractivity contribution in [2.24, 2.45) is 17.1 Å². The highest BCUT2D eigenvalue weighted by atomic mass is 19.1. The van der Waals surface area contributed by atoms with Gasteiger partial charge in [0.25, 0.3) is 0 Å². The number of hydrogen-bond acceptors (Lipinski definition) is 1. The Morgan fingerprint density at radius 2 is 1.84 bits per heavy atom. The molecule has 2 N–H and O–H groups in total. The van der Waals surface area contributed by atoms with Gasteiger partial charge >= 0.3 is 0 Å². The van der Waals surface area contributed by atoms with Gasteiger partial charge in [0, 0.05) is 11.1 Å². The highest BCUT2D eigenvalue weighted by molar-refractivity contribution is 5.26. The number of hydrogen-bond donors (Lipinski definition) is 1. The first-order valence-electron chi connectivity index (χ1n) is 7.43. The molecule has 0 unspecified atom stereocenters. The highest BCUT2D eigenvalue weighted by Gasteiger charge is 2.39. The minimum atomic E-state index is -0.467. The van der Waals surface area contributed by atoms with Crippen LogP contribution < -0.4 is 5.73 Å². The third kappa shape index (κ3) is 2.84. The van der Waals surface area contributed by atoms with E-state index < -0.39 is 5.54 Å². The number of rotatable bonds is 3. The van der Waals surface area contributed by atoms with Crippen LogP contribution in [0.15, 0.2) is 24.3 Å². The van der Waals surface area contributed by atoms with Crippen molar-refractivity contribution >= 4 is 0 Å². The molecule has 106 valence electrons. The standard InChI is InChI=1S/C17H26FN/c1-4-16(2,3)13-9-11-17(19,12-10-13)14-7-5-6-8-15(14)18/h5-8,13H,4,9-12,19H2,1-3H3. The molecule has 0 radical (unpaired) electrons. The lowest BCUT2D eigenvalue weighted by atomic mass is 9.64. The van der Waals surface area contributed by atoms with E-state index in [0.717, 1.165) is 25.7 Å². The summed E-state index contributed by atoms with van der Waals surface area (Å²) in [6.45, 7) is 6.93. The van der Waals surface area contributed by atoms with E-state index in [2.05, 4.69) is 20.8 Å². The molecule has 0 bridgehead atoms. The van der Waals surface area contributed by atoms with Crippen molar-refractivity contribution in [3.63, 3.8) is 0 Å². The van der Waals surface area contributed by atoms with Crippen molar-refractivity contribution in [2.45, 2.75) is 58.4 Å². The Kier molecular flexibility index (Phi) is 4.00. The molecule has 1 nitrogen and oxygen atoms in total. The summed E-state index contributed by atoms with van der Waals surface area (Å²) in [5, 5.41) is 0. The molecule has 19 heavy (non-hydrogen) atoms. The van der Waals surface area contributed by atoms with Gasteiger partial charge in [-0.1, -0.05) is 45.4 Å². The van der Waals surface area contributed by atoms with Crippen LogP contribution in [0.1, 0.15) is 58.4 Å². The molecule has 0 spiro atoms. The number of benzene rings is 1. The van der Waals surface area contributed by atoms with Crippen molar-refractivity contribution < 1.29 is 4.39 Å². The lowest BCUT2D eigenvalue weighted by molar-refractivity contribution is 0.113. The molecular weight excluding hydrogens is 237 g/mol. The Bertz CT molecular complexity index is 431. The SMILES string of the molecule is CCC(C)(C)C1CCC(N)(c2ccccc2F)CC1. The minimum Gasteiger partial charge on any atom is -0.321 e. The second-order valence-electron chi connectivity index (χ2n) is 6.75. The van der Waals surface area contributed by atoms with Gasteiger partial charge in [0.05, 0.1) is 0 Å². The minimum absolute atomic E-state index is 0.154. The lowest BCUT2D eigenvalue weighted by Gasteiger charge is -2.43. The van der Waals surface area contributed by atoms with E-state index in [0.29, 0.717) is 16.9 Å². The smallest absolute Gasteiger partial charge is 0.128 e. The van der Waals surface area contributed by atoms with Crippen LogP contribution in [-0.4, -0.2) is 0 Å². The van der Waals surface area contributed by atoms with Crippen LogP contribution in [-0.2, 0) is 5.54 Å². The molecule has 0 amide bonds. The number of halogens is 1. The molecule has 0 heterocycles. The fraction of sp³-hybridized carbons (Fsp3) is 0.647. The quantitative estimate of drug-likeness (QED) is 0.847. The van der Waals surface area contributed by atoms with E-state index in [1.165, 1.54) is 12.5 Å². The third-order valence-electron chi connectivity index (χ3n) is 5.30. The zero-order valence-corrected chi connectivity index (χ0v) is 12.4. The molecule has 2 rings (SSSR count). The molecule has 0 saturated heterocycles. The average Bonchev–Trinajstić information content (AvgIpc) is 2.39. The monoisotopic (exact) mass is 263 g/mol. The first kappa shape index (κ1) is 14.5. The van der Waals surface area contributed by atoms with E-state index in [-0.39, 0.29) is 5.82 Å².